The van der Waals surface area contributed by atoms with Gasteiger partial charge in [0.05, 0.1) is 11.9 Å². The van der Waals surface area contributed by atoms with Gasteiger partial charge in [-0.1, -0.05) is 12.8 Å². The number of carbonyl (C=O) groups excluding carboxylic acids is 1. The monoisotopic (exact) mass is 426 g/mol. The van der Waals surface area contributed by atoms with Crippen LogP contribution in [0.4, 0.5) is 5.69 Å². The van der Waals surface area contributed by atoms with Crippen molar-refractivity contribution in [3.05, 3.63) is 30.2 Å². The maximum atomic E-state index is 12.6. The van der Waals surface area contributed by atoms with Gasteiger partial charge >= 0.3 is 5.97 Å². The summed E-state index contributed by atoms with van der Waals surface area (Å²) in [5.41, 5.74) is 1.29. The van der Waals surface area contributed by atoms with Crippen molar-refractivity contribution in [1.29, 1.82) is 0 Å². The molecule has 2 aromatic rings. The van der Waals surface area contributed by atoms with Gasteiger partial charge in [0.15, 0.2) is 0 Å². The Balaban J connectivity index is 1.40. The van der Waals surface area contributed by atoms with Gasteiger partial charge in [-0.2, -0.15) is 0 Å². The molecular weight excluding hydrogens is 396 g/mol. The minimum Gasteiger partial charge on any atom is -0.481 e. The summed E-state index contributed by atoms with van der Waals surface area (Å²) in [6, 6.07) is 3.88. The summed E-state index contributed by atoms with van der Waals surface area (Å²) in [7, 11) is 0. The van der Waals surface area contributed by atoms with Crippen LogP contribution in [0.3, 0.4) is 0 Å². The largest absolute Gasteiger partial charge is 0.481 e. The van der Waals surface area contributed by atoms with Crippen LogP contribution in [0.2, 0.25) is 0 Å². The van der Waals surface area contributed by atoms with Gasteiger partial charge in [-0.15, -0.1) is 0 Å². The van der Waals surface area contributed by atoms with E-state index in [1.807, 2.05) is 19.1 Å². The average Bonchev–Trinajstić information content (AvgIpc) is 3.32. The molecule has 1 aliphatic heterocycles. The number of fused-ring (bicyclic) bond motifs is 1. The topological polar surface area (TPSA) is 116 Å². The highest BCUT2D eigenvalue weighted by Crippen LogP contribution is 2.44. The standard InChI is InChI=1S/C23H30N4O4/c1-16-10-19(17-13-24-8-4-18(17)26-16)27-9-7-23(31,15-27)14-25-20(28)11-22(12-21(29)30)5-2-3-6-22/h4,8,10,13,31H,2-3,5-7,9,11-12,14-15H2,1H3,(H,25,28)(H,29,30)/t23-/m1/s1. The maximum absolute atomic E-state index is 12.6. The first-order valence-corrected chi connectivity index (χ1v) is 10.9. The van der Waals surface area contributed by atoms with E-state index < -0.39 is 17.0 Å². The molecule has 2 aliphatic rings. The molecule has 1 saturated carbocycles. The Labute approximate surface area is 181 Å². The van der Waals surface area contributed by atoms with Crippen molar-refractivity contribution in [3.8, 4) is 0 Å². The first-order valence-electron chi connectivity index (χ1n) is 10.9. The highest BCUT2D eigenvalue weighted by Gasteiger charge is 2.40. The first kappa shape index (κ1) is 21.5. The minimum absolute atomic E-state index is 0.0287. The number of aliphatic carboxylic acids is 1. The number of aliphatic hydroxyl groups is 1. The molecule has 1 saturated heterocycles. The second kappa shape index (κ2) is 8.42. The minimum atomic E-state index is -1.03. The molecule has 8 heteroatoms. The van der Waals surface area contributed by atoms with Crippen molar-refractivity contribution in [2.45, 2.75) is 57.5 Å². The zero-order chi connectivity index (χ0) is 22.1. The molecule has 166 valence electrons. The first-order chi connectivity index (χ1) is 14.8. The maximum Gasteiger partial charge on any atom is 0.303 e. The van der Waals surface area contributed by atoms with Crippen LogP contribution >= 0.6 is 0 Å². The molecule has 2 aromatic heterocycles. The summed E-state index contributed by atoms with van der Waals surface area (Å²) in [6.45, 7) is 3.18. The van der Waals surface area contributed by atoms with Crippen molar-refractivity contribution in [1.82, 2.24) is 15.3 Å². The van der Waals surface area contributed by atoms with E-state index in [9.17, 15) is 19.8 Å². The number of β-amino-alcohol motifs (C(OH)–C–C–N with tert-alkyl or cyclic N) is 1. The second-order valence-corrected chi connectivity index (χ2v) is 9.30. The van der Waals surface area contributed by atoms with Crippen LogP contribution in [0.5, 0.6) is 0 Å². The molecule has 3 N–H and O–H groups in total. The van der Waals surface area contributed by atoms with Crippen LogP contribution in [0, 0.1) is 12.3 Å². The lowest BCUT2D eigenvalue weighted by atomic mass is 9.79. The lowest BCUT2D eigenvalue weighted by Crippen LogP contribution is -2.46. The number of carboxylic acid groups (broad SMARTS) is 1. The number of carbonyl (C=O) groups is 2. The number of hydrogen-bond donors (Lipinski definition) is 3. The van der Waals surface area contributed by atoms with Crippen LogP contribution in [0.1, 0.15) is 50.6 Å². The van der Waals surface area contributed by atoms with E-state index in [0.29, 0.717) is 19.5 Å². The Bertz CT molecular complexity index is 989. The van der Waals surface area contributed by atoms with Gasteiger partial charge in [-0.05, 0) is 43.7 Å². The predicted molar refractivity (Wildman–Crippen MR) is 117 cm³/mol. The fourth-order valence-electron chi connectivity index (χ4n) is 5.18. The molecule has 31 heavy (non-hydrogen) atoms. The highest BCUT2D eigenvalue weighted by molar-refractivity contribution is 5.91. The van der Waals surface area contributed by atoms with E-state index in [1.165, 1.54) is 0 Å². The SMILES string of the molecule is Cc1cc(N2CC[C@@](O)(CNC(=O)CC3(CC(=O)O)CCCC3)C2)c2cnccc2n1. The summed E-state index contributed by atoms with van der Waals surface area (Å²) in [5.74, 6) is -1.03. The molecule has 0 radical (unpaired) electrons. The van der Waals surface area contributed by atoms with E-state index in [4.69, 9.17) is 0 Å². The Morgan fingerprint density at radius 2 is 2.00 bits per heavy atom. The molecule has 0 bridgehead atoms. The van der Waals surface area contributed by atoms with Crippen LogP contribution in [0.15, 0.2) is 24.5 Å². The third-order valence-corrected chi connectivity index (χ3v) is 6.73. The van der Waals surface area contributed by atoms with E-state index in [-0.39, 0.29) is 25.3 Å². The van der Waals surface area contributed by atoms with Gasteiger partial charge in [-0.3, -0.25) is 19.6 Å². The molecule has 1 atom stereocenters. The number of hydrogen-bond acceptors (Lipinski definition) is 6. The van der Waals surface area contributed by atoms with E-state index >= 15 is 0 Å². The van der Waals surface area contributed by atoms with Crippen LogP contribution in [-0.4, -0.2) is 57.3 Å². The molecule has 1 aliphatic carbocycles. The average molecular weight is 427 g/mol. The lowest BCUT2D eigenvalue weighted by molar-refractivity contribution is -0.140. The Morgan fingerprint density at radius 1 is 1.23 bits per heavy atom. The van der Waals surface area contributed by atoms with Crippen LogP contribution in [-0.2, 0) is 9.59 Å². The lowest BCUT2D eigenvalue weighted by Gasteiger charge is -2.28. The Kier molecular flexibility index (Phi) is 5.83. The summed E-state index contributed by atoms with van der Waals surface area (Å²) < 4.78 is 0. The van der Waals surface area contributed by atoms with Crippen LogP contribution in [0.25, 0.3) is 10.9 Å². The molecular formula is C23H30N4O4. The smallest absolute Gasteiger partial charge is 0.303 e. The summed E-state index contributed by atoms with van der Waals surface area (Å²) in [5, 5.41) is 24.2. The number of aryl methyl sites for hydroxylation is 1. The normalized spacial score (nSPS) is 22.7. The number of pyridine rings is 2. The van der Waals surface area contributed by atoms with Gasteiger partial charge in [0, 0.05) is 55.2 Å². The highest BCUT2D eigenvalue weighted by atomic mass is 16.4. The molecule has 1 amide bonds. The molecule has 8 nitrogen and oxygen atoms in total. The van der Waals surface area contributed by atoms with E-state index in [2.05, 4.69) is 20.2 Å². The van der Waals surface area contributed by atoms with Gasteiger partial charge in [0.25, 0.3) is 0 Å². The number of amides is 1. The fraction of sp³-hybridized carbons (Fsp3) is 0.565. The summed E-state index contributed by atoms with van der Waals surface area (Å²) in [6.07, 6.45) is 7.76. The second-order valence-electron chi connectivity index (χ2n) is 9.30. The fourth-order valence-corrected chi connectivity index (χ4v) is 5.18. The molecule has 0 aromatic carbocycles. The molecule has 0 spiro atoms. The van der Waals surface area contributed by atoms with Crippen LogP contribution < -0.4 is 10.2 Å². The third kappa shape index (κ3) is 4.79. The van der Waals surface area contributed by atoms with E-state index in [0.717, 1.165) is 48.0 Å². The zero-order valence-electron chi connectivity index (χ0n) is 17.9. The van der Waals surface area contributed by atoms with Crippen molar-refractivity contribution < 1.29 is 19.8 Å². The molecule has 3 heterocycles. The van der Waals surface area contributed by atoms with Gasteiger partial charge < -0.3 is 20.4 Å². The summed E-state index contributed by atoms with van der Waals surface area (Å²) in [4.78, 5) is 34.8. The van der Waals surface area contributed by atoms with Crippen molar-refractivity contribution in [2.75, 3.05) is 24.5 Å². The number of rotatable bonds is 7. The Hall–Kier alpha value is -2.74. The van der Waals surface area contributed by atoms with E-state index in [1.54, 1.807) is 12.4 Å². The molecule has 2 fully saturated rings. The number of nitrogens with zero attached hydrogens (tertiary/aromatic N) is 3. The quantitative estimate of drug-likeness (QED) is 0.623. The molecule has 0 unspecified atom stereocenters. The summed E-state index contributed by atoms with van der Waals surface area (Å²) >= 11 is 0. The number of carboxylic acids is 1. The zero-order valence-corrected chi connectivity index (χ0v) is 17.9. The van der Waals surface area contributed by atoms with Gasteiger partial charge in [0.1, 0.15) is 5.60 Å². The van der Waals surface area contributed by atoms with Crippen molar-refractivity contribution in [3.63, 3.8) is 0 Å². The number of anilines is 1. The third-order valence-electron chi connectivity index (χ3n) is 6.73. The van der Waals surface area contributed by atoms with Crippen molar-refractivity contribution >= 4 is 28.5 Å². The van der Waals surface area contributed by atoms with Gasteiger partial charge in [-0.25, -0.2) is 0 Å². The number of nitrogens with one attached hydrogen (secondary N) is 1. The van der Waals surface area contributed by atoms with Crippen molar-refractivity contribution in [2.24, 2.45) is 5.41 Å². The van der Waals surface area contributed by atoms with Gasteiger partial charge in [0.2, 0.25) is 5.91 Å². The predicted octanol–water partition coefficient (Wildman–Crippen LogP) is 2.42. The molecule has 4 rings (SSSR count). The Morgan fingerprint density at radius 3 is 2.74 bits per heavy atom. The number of aromatic nitrogens is 2.